The molecule has 0 aliphatic rings. The fraction of sp³-hybridized carbons (Fsp3) is 0.143. The number of thioether (sulfide) groups is 1. The quantitative estimate of drug-likeness (QED) is 0.432. The highest BCUT2D eigenvalue weighted by Gasteiger charge is 2.40. The number of rotatable bonds is 3. The van der Waals surface area contributed by atoms with Crippen molar-refractivity contribution < 1.29 is 13.2 Å². The number of benzene rings is 2. The average molecular weight is 369 g/mol. The Kier molecular flexibility index (Phi) is 7.19. The molecule has 0 heterocycles. The van der Waals surface area contributed by atoms with Crippen molar-refractivity contribution in [1.29, 1.82) is 0 Å². The van der Waals surface area contributed by atoms with Crippen LogP contribution in [0, 0.1) is 0 Å². The third-order valence-corrected chi connectivity index (χ3v) is 4.14. The Morgan fingerprint density at radius 3 is 1.86 bits per heavy atom. The molecule has 0 bridgehead atoms. The van der Waals surface area contributed by atoms with Gasteiger partial charge in [-0.15, -0.1) is 0 Å². The maximum Gasteiger partial charge on any atom is 0.342 e. The second kappa shape index (κ2) is 8.41. The number of halogens is 5. The topological polar surface area (TPSA) is 52.0 Å². The highest BCUT2D eigenvalue weighted by molar-refractivity contribution is 8.00. The first-order chi connectivity index (χ1) is 10.2. The van der Waals surface area contributed by atoms with Crippen molar-refractivity contribution in [3.05, 3.63) is 53.6 Å². The lowest BCUT2D eigenvalue weighted by molar-refractivity contribution is 0.0537. The number of hydrogen-bond acceptors (Lipinski definition) is 3. The zero-order valence-corrected chi connectivity index (χ0v) is 13.5. The fourth-order valence-electron chi connectivity index (χ4n) is 1.24. The van der Waals surface area contributed by atoms with Gasteiger partial charge in [0.05, 0.1) is 10.7 Å². The summed E-state index contributed by atoms with van der Waals surface area (Å²) in [6.07, 6.45) is 0. The smallest absolute Gasteiger partial charge is 0.342 e. The molecule has 0 spiro atoms. The van der Waals surface area contributed by atoms with Crippen LogP contribution in [0.15, 0.2) is 53.4 Å². The van der Waals surface area contributed by atoms with E-state index < -0.39 is 10.9 Å². The van der Waals surface area contributed by atoms with Crippen molar-refractivity contribution in [1.82, 2.24) is 0 Å². The lowest BCUT2D eigenvalue weighted by Crippen LogP contribution is -2.20. The normalized spacial score (nSPS) is 12.2. The van der Waals surface area contributed by atoms with Crippen molar-refractivity contribution in [2.75, 3.05) is 11.5 Å². The molecular weight excluding hydrogens is 356 g/mol. The zero-order chi connectivity index (χ0) is 16.8. The molecule has 22 heavy (non-hydrogen) atoms. The van der Waals surface area contributed by atoms with Crippen LogP contribution in [0.25, 0.3) is 0 Å². The van der Waals surface area contributed by atoms with E-state index >= 15 is 0 Å². The molecule has 1 unspecified atom stereocenters. The molecule has 2 nitrogen and oxygen atoms in total. The second-order valence-corrected chi connectivity index (χ2v) is 6.00. The van der Waals surface area contributed by atoms with Crippen molar-refractivity contribution in [2.45, 2.75) is 15.8 Å². The van der Waals surface area contributed by atoms with Gasteiger partial charge in [-0.1, -0.05) is 47.5 Å². The number of hydrogen-bond donors (Lipinski definition) is 2. The molecule has 0 radical (unpaired) electrons. The molecule has 2 rings (SSSR count). The van der Waals surface area contributed by atoms with Gasteiger partial charge in [0, 0.05) is 10.6 Å². The van der Waals surface area contributed by atoms with E-state index in [0.717, 1.165) is 0 Å². The van der Waals surface area contributed by atoms with E-state index in [4.69, 9.17) is 34.7 Å². The van der Waals surface area contributed by atoms with Crippen molar-refractivity contribution in [3.63, 3.8) is 0 Å². The molecule has 0 saturated heterocycles. The lowest BCUT2D eigenvalue weighted by Gasteiger charge is -2.16. The Labute approximate surface area is 140 Å². The third kappa shape index (κ3) is 5.87. The van der Waals surface area contributed by atoms with Gasteiger partial charge in [0.25, 0.3) is 0 Å². The van der Waals surface area contributed by atoms with Crippen LogP contribution in [0.2, 0.25) is 5.02 Å². The molecule has 0 aliphatic carbocycles. The van der Waals surface area contributed by atoms with E-state index in [-0.39, 0.29) is 22.3 Å². The fourth-order valence-corrected chi connectivity index (χ4v) is 2.22. The minimum atomic E-state index is -3.67. The molecular formula is C14H13Cl2F3N2S. The van der Waals surface area contributed by atoms with Crippen LogP contribution in [0.4, 0.5) is 24.5 Å². The van der Waals surface area contributed by atoms with E-state index in [2.05, 4.69) is 0 Å². The Balaban J connectivity index is 0.000000255. The van der Waals surface area contributed by atoms with Crippen LogP contribution in [0.3, 0.4) is 0 Å². The van der Waals surface area contributed by atoms with Gasteiger partial charge < -0.3 is 11.5 Å². The molecule has 8 heteroatoms. The number of nitrogen functional groups attached to an aromatic ring is 2. The zero-order valence-electron chi connectivity index (χ0n) is 11.1. The van der Waals surface area contributed by atoms with E-state index in [1.165, 1.54) is 18.2 Å². The monoisotopic (exact) mass is 368 g/mol. The number of para-hydroxylation sites is 2. The summed E-state index contributed by atoms with van der Waals surface area (Å²) in [4.78, 5) is 0.112. The van der Waals surface area contributed by atoms with Crippen LogP contribution >= 0.6 is 35.0 Å². The van der Waals surface area contributed by atoms with E-state index in [9.17, 15) is 13.2 Å². The molecule has 0 aliphatic heterocycles. The Morgan fingerprint density at radius 2 is 1.45 bits per heavy atom. The predicted molar refractivity (Wildman–Crippen MR) is 88.3 cm³/mol. The van der Waals surface area contributed by atoms with Crippen molar-refractivity contribution in [3.8, 4) is 0 Å². The molecule has 2 aromatic rings. The highest BCUT2D eigenvalue weighted by Crippen LogP contribution is 2.43. The van der Waals surface area contributed by atoms with E-state index in [1.807, 2.05) is 12.1 Å². The van der Waals surface area contributed by atoms with Gasteiger partial charge in [-0.05, 0) is 36.0 Å². The Bertz CT molecular complexity index is 591. The summed E-state index contributed by atoms with van der Waals surface area (Å²) in [7, 11) is 0. The van der Waals surface area contributed by atoms with Crippen LogP contribution in [0.1, 0.15) is 0 Å². The summed E-state index contributed by atoms with van der Waals surface area (Å²) >= 11 is 10.3. The summed E-state index contributed by atoms with van der Waals surface area (Å²) in [5, 5.41) is -3.05. The number of nitrogens with two attached hydrogens (primary N) is 2. The first-order valence-corrected chi connectivity index (χ1v) is 7.56. The van der Waals surface area contributed by atoms with Gasteiger partial charge in [0.1, 0.15) is 0 Å². The van der Waals surface area contributed by atoms with Crippen molar-refractivity contribution in [2.24, 2.45) is 0 Å². The molecule has 0 amide bonds. The molecule has 0 fully saturated rings. The maximum atomic E-state index is 12.8. The Morgan fingerprint density at radius 1 is 0.955 bits per heavy atom. The van der Waals surface area contributed by atoms with Gasteiger partial charge in [0.2, 0.25) is 5.63 Å². The molecule has 4 N–H and O–H groups in total. The molecule has 0 saturated carbocycles. The number of alkyl halides is 4. The average Bonchev–Trinajstić information content (AvgIpc) is 2.45. The third-order valence-electron chi connectivity index (χ3n) is 2.32. The molecule has 1 atom stereocenters. The second-order valence-electron chi connectivity index (χ2n) is 4.02. The molecule has 0 aromatic heterocycles. The summed E-state index contributed by atoms with van der Waals surface area (Å²) < 4.78 is 37.9. The van der Waals surface area contributed by atoms with Gasteiger partial charge >= 0.3 is 5.25 Å². The summed E-state index contributed by atoms with van der Waals surface area (Å²) in [6.45, 7) is 0. The van der Waals surface area contributed by atoms with Crippen LogP contribution in [-0.2, 0) is 0 Å². The van der Waals surface area contributed by atoms with E-state index in [1.54, 1.807) is 18.2 Å². The molecule has 2 aromatic carbocycles. The summed E-state index contributed by atoms with van der Waals surface area (Å²) in [5.74, 6) is 0. The Hall–Kier alpha value is -1.24. The van der Waals surface area contributed by atoms with E-state index in [0.29, 0.717) is 10.7 Å². The van der Waals surface area contributed by atoms with Gasteiger partial charge in [-0.3, -0.25) is 0 Å². The summed E-state index contributed by atoms with van der Waals surface area (Å²) in [6, 6.07) is 13.2. The standard InChI is InChI=1S/C8H7ClF3NS.C6H6ClN/c9-7(10)8(11,12)14-6-4-2-1-3-5(6)13;7-5-3-1-2-4-6(5)8/h1-4,7H,13H2;1-4H,8H2. The van der Waals surface area contributed by atoms with Crippen LogP contribution < -0.4 is 11.5 Å². The summed E-state index contributed by atoms with van der Waals surface area (Å²) in [5.41, 5.74) is 8.88. The first-order valence-electron chi connectivity index (χ1n) is 5.93. The first kappa shape index (κ1) is 18.8. The van der Waals surface area contributed by atoms with Crippen LogP contribution in [0.5, 0.6) is 0 Å². The minimum Gasteiger partial charge on any atom is -0.398 e. The highest BCUT2D eigenvalue weighted by atomic mass is 35.5. The minimum absolute atomic E-state index is 0.0153. The predicted octanol–water partition coefficient (Wildman–Crippen LogP) is 5.41. The van der Waals surface area contributed by atoms with Crippen molar-refractivity contribution >= 4 is 46.3 Å². The van der Waals surface area contributed by atoms with Gasteiger partial charge in [0.15, 0.2) is 0 Å². The maximum absolute atomic E-state index is 12.8. The largest absolute Gasteiger partial charge is 0.398 e. The molecule has 120 valence electrons. The van der Waals surface area contributed by atoms with Gasteiger partial charge in [-0.2, -0.15) is 8.78 Å². The SMILES string of the molecule is Nc1ccccc1Cl.Nc1ccccc1SC(F)(F)C(F)Cl. The van der Waals surface area contributed by atoms with Crippen LogP contribution in [-0.4, -0.2) is 10.9 Å². The van der Waals surface area contributed by atoms with Gasteiger partial charge in [-0.25, -0.2) is 4.39 Å². The number of anilines is 2. The lowest BCUT2D eigenvalue weighted by atomic mass is 10.3.